The molecule has 1 fully saturated rings. The number of hydrogen-bond donors (Lipinski definition) is 1. The first kappa shape index (κ1) is 13.3. The van der Waals surface area contributed by atoms with Crippen molar-refractivity contribution in [3.8, 4) is 5.88 Å². The van der Waals surface area contributed by atoms with Crippen molar-refractivity contribution in [2.75, 3.05) is 19.8 Å². The molecule has 0 unspecified atom stereocenters. The molecule has 0 aromatic carbocycles. The maximum atomic E-state index is 5.88. The SMILES string of the molecule is Cc1cc(C)c(CN)c(OCC2CCOCC2)n1. The zero-order valence-electron chi connectivity index (χ0n) is 11.2. The van der Waals surface area contributed by atoms with Crippen LogP contribution in [0.3, 0.4) is 0 Å². The van der Waals surface area contributed by atoms with Crippen LogP contribution < -0.4 is 10.5 Å². The van der Waals surface area contributed by atoms with Gasteiger partial charge in [0.15, 0.2) is 0 Å². The molecule has 1 aromatic heterocycles. The molecule has 0 aliphatic carbocycles. The fourth-order valence-corrected chi connectivity index (χ4v) is 2.31. The Kier molecular flexibility index (Phi) is 4.55. The summed E-state index contributed by atoms with van der Waals surface area (Å²) in [6.07, 6.45) is 2.14. The Morgan fingerprint density at radius 2 is 2.11 bits per heavy atom. The molecule has 0 amide bonds. The second-order valence-corrected chi connectivity index (χ2v) is 4.94. The van der Waals surface area contributed by atoms with E-state index in [9.17, 15) is 0 Å². The normalized spacial score (nSPS) is 16.8. The highest BCUT2D eigenvalue weighted by Gasteiger charge is 2.16. The molecule has 1 aliphatic heterocycles. The van der Waals surface area contributed by atoms with Crippen LogP contribution in [0, 0.1) is 19.8 Å². The highest BCUT2D eigenvalue weighted by Crippen LogP contribution is 2.22. The Labute approximate surface area is 108 Å². The van der Waals surface area contributed by atoms with Crippen LogP contribution in [0.15, 0.2) is 6.07 Å². The standard InChI is InChI=1S/C14H22N2O2/c1-10-7-11(2)16-14(13(10)8-15)18-9-12-3-5-17-6-4-12/h7,12H,3-6,8-9,15H2,1-2H3. The van der Waals surface area contributed by atoms with Crippen molar-refractivity contribution in [2.45, 2.75) is 33.2 Å². The van der Waals surface area contributed by atoms with Crippen LogP contribution >= 0.6 is 0 Å². The third kappa shape index (κ3) is 3.21. The minimum Gasteiger partial charge on any atom is -0.477 e. The molecule has 0 atom stereocenters. The van der Waals surface area contributed by atoms with E-state index in [1.807, 2.05) is 13.0 Å². The van der Waals surface area contributed by atoms with Gasteiger partial charge in [0.05, 0.1) is 6.61 Å². The summed E-state index contributed by atoms with van der Waals surface area (Å²) < 4.78 is 11.2. The number of pyridine rings is 1. The summed E-state index contributed by atoms with van der Waals surface area (Å²) in [7, 11) is 0. The molecular weight excluding hydrogens is 228 g/mol. The summed E-state index contributed by atoms with van der Waals surface area (Å²) in [4.78, 5) is 4.46. The first-order chi connectivity index (χ1) is 8.70. The van der Waals surface area contributed by atoms with Gasteiger partial charge < -0.3 is 15.2 Å². The molecule has 2 heterocycles. The van der Waals surface area contributed by atoms with Crippen LogP contribution in [-0.2, 0) is 11.3 Å². The minimum absolute atomic E-state index is 0.474. The minimum atomic E-state index is 0.474. The summed E-state index contributed by atoms with van der Waals surface area (Å²) in [5, 5.41) is 0. The zero-order valence-corrected chi connectivity index (χ0v) is 11.2. The van der Waals surface area contributed by atoms with E-state index in [4.69, 9.17) is 15.2 Å². The van der Waals surface area contributed by atoms with Crippen molar-refractivity contribution < 1.29 is 9.47 Å². The van der Waals surface area contributed by atoms with Gasteiger partial charge in [0.25, 0.3) is 0 Å². The van der Waals surface area contributed by atoms with Gasteiger partial charge in [0.1, 0.15) is 0 Å². The summed E-state index contributed by atoms with van der Waals surface area (Å²) in [6.45, 7) is 6.91. The number of nitrogens with zero attached hydrogens (tertiary/aromatic N) is 1. The van der Waals surface area contributed by atoms with E-state index >= 15 is 0 Å². The Morgan fingerprint density at radius 1 is 1.39 bits per heavy atom. The second kappa shape index (κ2) is 6.16. The third-order valence-corrected chi connectivity index (χ3v) is 3.44. The number of aryl methyl sites for hydroxylation is 2. The quantitative estimate of drug-likeness (QED) is 0.887. The Hall–Kier alpha value is -1.13. The first-order valence-electron chi connectivity index (χ1n) is 6.58. The zero-order chi connectivity index (χ0) is 13.0. The number of ether oxygens (including phenoxy) is 2. The lowest BCUT2D eigenvalue weighted by Gasteiger charge is -2.22. The Balaban J connectivity index is 2.03. The summed E-state index contributed by atoms with van der Waals surface area (Å²) in [5.74, 6) is 1.29. The maximum Gasteiger partial charge on any atom is 0.218 e. The van der Waals surface area contributed by atoms with Gasteiger partial charge in [-0.1, -0.05) is 0 Å². The van der Waals surface area contributed by atoms with Gasteiger partial charge in [-0.2, -0.15) is 0 Å². The molecule has 4 nitrogen and oxygen atoms in total. The molecule has 1 aromatic rings. The fourth-order valence-electron chi connectivity index (χ4n) is 2.31. The fraction of sp³-hybridized carbons (Fsp3) is 0.643. The van der Waals surface area contributed by atoms with Crippen molar-refractivity contribution in [1.82, 2.24) is 4.98 Å². The van der Waals surface area contributed by atoms with E-state index in [1.165, 1.54) is 0 Å². The molecule has 4 heteroatoms. The molecule has 1 saturated heterocycles. The number of nitrogens with two attached hydrogens (primary N) is 1. The van der Waals surface area contributed by atoms with Crippen molar-refractivity contribution in [3.63, 3.8) is 0 Å². The van der Waals surface area contributed by atoms with Gasteiger partial charge in [-0.05, 0) is 44.2 Å². The topological polar surface area (TPSA) is 57.4 Å². The average molecular weight is 250 g/mol. The van der Waals surface area contributed by atoms with Gasteiger partial charge in [-0.3, -0.25) is 0 Å². The lowest BCUT2D eigenvalue weighted by atomic mass is 10.0. The van der Waals surface area contributed by atoms with Crippen LogP contribution in [0.4, 0.5) is 0 Å². The molecule has 0 radical (unpaired) electrons. The number of rotatable bonds is 4. The summed E-state index contributed by atoms with van der Waals surface area (Å²) >= 11 is 0. The molecule has 0 bridgehead atoms. The lowest BCUT2D eigenvalue weighted by Crippen LogP contribution is -2.22. The first-order valence-corrected chi connectivity index (χ1v) is 6.58. The average Bonchev–Trinajstić information content (AvgIpc) is 2.37. The number of hydrogen-bond acceptors (Lipinski definition) is 4. The van der Waals surface area contributed by atoms with E-state index in [1.54, 1.807) is 0 Å². The molecule has 2 N–H and O–H groups in total. The van der Waals surface area contributed by atoms with Crippen LogP contribution in [0.5, 0.6) is 5.88 Å². The van der Waals surface area contributed by atoms with Crippen molar-refractivity contribution in [3.05, 3.63) is 22.9 Å². The molecule has 100 valence electrons. The monoisotopic (exact) mass is 250 g/mol. The molecule has 0 spiro atoms. The molecule has 2 rings (SSSR count). The van der Waals surface area contributed by atoms with Crippen LogP contribution in [0.2, 0.25) is 0 Å². The van der Waals surface area contributed by atoms with Crippen molar-refractivity contribution in [2.24, 2.45) is 11.7 Å². The second-order valence-electron chi connectivity index (χ2n) is 4.94. The Bertz CT molecular complexity index is 401. The highest BCUT2D eigenvalue weighted by molar-refractivity contribution is 5.35. The van der Waals surface area contributed by atoms with Gasteiger partial charge in [0, 0.05) is 31.0 Å². The van der Waals surface area contributed by atoms with E-state index in [-0.39, 0.29) is 0 Å². The largest absolute Gasteiger partial charge is 0.477 e. The van der Waals surface area contributed by atoms with Crippen LogP contribution in [0.25, 0.3) is 0 Å². The Morgan fingerprint density at radius 3 is 2.78 bits per heavy atom. The molecule has 0 saturated carbocycles. The van der Waals surface area contributed by atoms with Crippen LogP contribution in [0.1, 0.15) is 29.7 Å². The maximum absolute atomic E-state index is 5.88. The van der Waals surface area contributed by atoms with E-state index in [0.29, 0.717) is 24.9 Å². The van der Waals surface area contributed by atoms with Crippen LogP contribution in [-0.4, -0.2) is 24.8 Å². The predicted molar refractivity (Wildman–Crippen MR) is 70.6 cm³/mol. The van der Waals surface area contributed by atoms with Crippen molar-refractivity contribution >= 4 is 0 Å². The third-order valence-electron chi connectivity index (χ3n) is 3.44. The molecule has 1 aliphatic rings. The smallest absolute Gasteiger partial charge is 0.218 e. The van der Waals surface area contributed by atoms with E-state index < -0.39 is 0 Å². The van der Waals surface area contributed by atoms with Gasteiger partial charge >= 0.3 is 0 Å². The van der Waals surface area contributed by atoms with Crippen molar-refractivity contribution in [1.29, 1.82) is 0 Å². The van der Waals surface area contributed by atoms with Gasteiger partial charge in [-0.25, -0.2) is 4.98 Å². The van der Waals surface area contributed by atoms with E-state index in [0.717, 1.165) is 42.9 Å². The number of aromatic nitrogens is 1. The van der Waals surface area contributed by atoms with Gasteiger partial charge in [0.2, 0.25) is 5.88 Å². The lowest BCUT2D eigenvalue weighted by molar-refractivity contribution is 0.0488. The van der Waals surface area contributed by atoms with E-state index in [2.05, 4.69) is 11.9 Å². The summed E-state index contributed by atoms with van der Waals surface area (Å²) in [6, 6.07) is 2.05. The highest BCUT2D eigenvalue weighted by atomic mass is 16.5. The van der Waals surface area contributed by atoms with Gasteiger partial charge in [-0.15, -0.1) is 0 Å². The summed E-state index contributed by atoms with van der Waals surface area (Å²) in [5.41, 5.74) is 8.93. The molecule has 18 heavy (non-hydrogen) atoms. The predicted octanol–water partition coefficient (Wildman–Crippen LogP) is 1.96. The molecular formula is C14H22N2O2.